The smallest absolute Gasteiger partial charge is 0.237 e. The zero-order valence-electron chi connectivity index (χ0n) is 11.8. The fourth-order valence-electron chi connectivity index (χ4n) is 3.21. The summed E-state index contributed by atoms with van der Waals surface area (Å²) in [5.74, 6) is 0.0506. The molecule has 0 aliphatic carbocycles. The van der Waals surface area contributed by atoms with E-state index in [9.17, 15) is 9.90 Å². The number of oxime groups is 1. The lowest BCUT2D eigenvalue weighted by Gasteiger charge is -2.39. The third kappa shape index (κ3) is 2.35. The Kier molecular flexibility index (Phi) is 4.49. The van der Waals surface area contributed by atoms with Crippen LogP contribution < -0.4 is 5.73 Å². The van der Waals surface area contributed by atoms with Crippen LogP contribution >= 0.6 is 0 Å². The molecule has 0 aromatic carbocycles. The van der Waals surface area contributed by atoms with Gasteiger partial charge in [-0.05, 0) is 25.2 Å². The van der Waals surface area contributed by atoms with E-state index >= 15 is 0 Å². The summed E-state index contributed by atoms with van der Waals surface area (Å²) in [5, 5.41) is 21.6. The maximum Gasteiger partial charge on any atom is 0.237 e. The molecule has 1 amide bonds. The van der Waals surface area contributed by atoms with Crippen molar-refractivity contribution in [1.82, 2.24) is 4.90 Å². The largest absolute Gasteiger partial charge is 0.409 e. The molecule has 2 aliphatic rings. The summed E-state index contributed by atoms with van der Waals surface area (Å²) in [4.78, 5) is 14.6. The summed E-state index contributed by atoms with van der Waals surface area (Å²) in [5.41, 5.74) is 4.81. The van der Waals surface area contributed by atoms with Gasteiger partial charge in [-0.15, -0.1) is 0 Å². The van der Waals surface area contributed by atoms with Gasteiger partial charge in [-0.1, -0.05) is 12.1 Å². The number of ether oxygens (including phenoxy) is 1. The second-order valence-electron chi connectivity index (χ2n) is 5.69. The second kappa shape index (κ2) is 5.97. The van der Waals surface area contributed by atoms with Crippen molar-refractivity contribution >= 4 is 11.7 Å². The maximum atomic E-state index is 12.9. The lowest BCUT2D eigenvalue weighted by molar-refractivity contribution is -0.144. The summed E-state index contributed by atoms with van der Waals surface area (Å²) in [7, 11) is 0. The third-order valence-corrected chi connectivity index (χ3v) is 4.68. The average Bonchev–Trinajstić information content (AvgIpc) is 2.86. The molecule has 2 aliphatic heterocycles. The van der Waals surface area contributed by atoms with Gasteiger partial charge in [0.1, 0.15) is 5.41 Å². The minimum Gasteiger partial charge on any atom is -0.409 e. The number of hydrogen-bond donors (Lipinski definition) is 3. The second-order valence-corrected chi connectivity index (χ2v) is 5.69. The van der Waals surface area contributed by atoms with Gasteiger partial charge in [-0.25, -0.2) is 0 Å². The fourth-order valence-corrected chi connectivity index (χ4v) is 3.21. The van der Waals surface area contributed by atoms with E-state index in [-0.39, 0.29) is 30.3 Å². The van der Waals surface area contributed by atoms with Crippen LogP contribution in [0.2, 0.25) is 0 Å². The Hall–Kier alpha value is -1.34. The van der Waals surface area contributed by atoms with Crippen LogP contribution in [0, 0.1) is 11.3 Å². The quantitative estimate of drug-likeness (QED) is 0.287. The van der Waals surface area contributed by atoms with Crippen molar-refractivity contribution in [2.45, 2.75) is 32.2 Å². The van der Waals surface area contributed by atoms with E-state index in [1.165, 1.54) is 0 Å². The van der Waals surface area contributed by atoms with Crippen molar-refractivity contribution in [3.63, 3.8) is 0 Å². The Morgan fingerprint density at radius 3 is 2.70 bits per heavy atom. The SMILES string of the molecule is CC1CCN(C(=O)C2(C(N)=NO)CCOCC2)C1CO. The lowest BCUT2D eigenvalue weighted by atomic mass is 9.77. The molecule has 2 atom stereocenters. The van der Waals surface area contributed by atoms with Crippen LogP contribution in [-0.4, -0.2) is 59.4 Å². The highest BCUT2D eigenvalue weighted by atomic mass is 16.5. The summed E-state index contributed by atoms with van der Waals surface area (Å²) >= 11 is 0. The zero-order valence-corrected chi connectivity index (χ0v) is 11.8. The Bertz CT molecular complexity index is 393. The first-order valence-corrected chi connectivity index (χ1v) is 7.04. The van der Waals surface area contributed by atoms with Crippen molar-refractivity contribution < 1.29 is 19.8 Å². The number of aliphatic hydroxyl groups is 1. The number of aliphatic hydroxyl groups excluding tert-OH is 1. The standard InChI is InChI=1S/C13H23N3O4/c1-9-2-5-16(10(9)8-17)12(18)13(11(14)15-19)3-6-20-7-4-13/h9-10,17,19H,2-8H2,1H3,(H2,14,15). The van der Waals surface area contributed by atoms with Crippen molar-refractivity contribution in [3.05, 3.63) is 0 Å². The summed E-state index contributed by atoms with van der Waals surface area (Å²) in [6, 6.07) is -0.186. The molecule has 20 heavy (non-hydrogen) atoms. The van der Waals surface area contributed by atoms with Gasteiger partial charge in [0.15, 0.2) is 5.84 Å². The van der Waals surface area contributed by atoms with E-state index in [1.54, 1.807) is 4.90 Å². The molecule has 0 radical (unpaired) electrons. The molecule has 0 aromatic heterocycles. The van der Waals surface area contributed by atoms with Gasteiger partial charge in [0.25, 0.3) is 0 Å². The van der Waals surface area contributed by atoms with Crippen molar-refractivity contribution in [3.8, 4) is 0 Å². The molecular formula is C13H23N3O4. The normalized spacial score (nSPS) is 30.5. The summed E-state index contributed by atoms with van der Waals surface area (Å²) in [6.07, 6.45) is 1.68. The number of nitrogens with two attached hydrogens (primary N) is 1. The highest BCUT2D eigenvalue weighted by molar-refractivity contribution is 6.07. The third-order valence-electron chi connectivity index (χ3n) is 4.68. The first-order valence-electron chi connectivity index (χ1n) is 7.04. The topological polar surface area (TPSA) is 108 Å². The molecule has 0 aromatic rings. The van der Waals surface area contributed by atoms with Gasteiger partial charge < -0.3 is 25.7 Å². The molecule has 2 unspecified atom stereocenters. The van der Waals surface area contributed by atoms with Crippen LogP contribution in [0.25, 0.3) is 0 Å². The number of amidine groups is 1. The number of carbonyl (C=O) groups excluding carboxylic acids is 1. The van der Waals surface area contributed by atoms with Crippen LogP contribution in [-0.2, 0) is 9.53 Å². The predicted molar refractivity (Wildman–Crippen MR) is 72.3 cm³/mol. The molecule has 0 bridgehead atoms. The highest BCUT2D eigenvalue weighted by Crippen LogP contribution is 2.36. The van der Waals surface area contributed by atoms with Gasteiger partial charge >= 0.3 is 0 Å². The van der Waals surface area contributed by atoms with Gasteiger partial charge in [0.2, 0.25) is 5.91 Å². The first kappa shape index (κ1) is 15.1. The fraction of sp³-hybridized carbons (Fsp3) is 0.846. The molecule has 4 N–H and O–H groups in total. The van der Waals surface area contributed by atoms with Gasteiger partial charge in [-0.3, -0.25) is 4.79 Å². The number of likely N-dealkylation sites (tertiary alicyclic amines) is 1. The summed E-state index contributed by atoms with van der Waals surface area (Å²) < 4.78 is 5.29. The molecule has 7 nitrogen and oxygen atoms in total. The Balaban J connectivity index is 2.27. The van der Waals surface area contributed by atoms with Crippen molar-refractivity contribution in [2.24, 2.45) is 22.2 Å². The van der Waals surface area contributed by atoms with Gasteiger partial charge in [0, 0.05) is 19.8 Å². The molecular weight excluding hydrogens is 262 g/mol. The lowest BCUT2D eigenvalue weighted by Crippen LogP contribution is -2.56. The predicted octanol–water partition coefficient (Wildman–Crippen LogP) is -0.241. The van der Waals surface area contributed by atoms with E-state index < -0.39 is 5.41 Å². The zero-order chi connectivity index (χ0) is 14.8. The van der Waals surface area contributed by atoms with E-state index in [0.29, 0.717) is 32.6 Å². The maximum absolute atomic E-state index is 12.9. The van der Waals surface area contributed by atoms with E-state index in [2.05, 4.69) is 5.16 Å². The van der Waals surface area contributed by atoms with Crippen LogP contribution in [0.5, 0.6) is 0 Å². The molecule has 2 rings (SSSR count). The number of carbonyl (C=O) groups is 1. The number of hydrogen-bond acceptors (Lipinski definition) is 5. The van der Waals surface area contributed by atoms with Crippen LogP contribution in [0.15, 0.2) is 5.16 Å². The van der Waals surface area contributed by atoms with Gasteiger partial charge in [0.05, 0.1) is 12.6 Å². The van der Waals surface area contributed by atoms with Crippen LogP contribution in [0.4, 0.5) is 0 Å². The van der Waals surface area contributed by atoms with Crippen LogP contribution in [0.1, 0.15) is 26.2 Å². The molecule has 2 heterocycles. The molecule has 0 spiro atoms. The Morgan fingerprint density at radius 2 is 2.15 bits per heavy atom. The first-order chi connectivity index (χ1) is 9.56. The average molecular weight is 285 g/mol. The van der Waals surface area contributed by atoms with Crippen molar-refractivity contribution in [2.75, 3.05) is 26.4 Å². The molecule has 2 fully saturated rings. The molecule has 7 heteroatoms. The van der Waals surface area contributed by atoms with Crippen molar-refractivity contribution in [1.29, 1.82) is 0 Å². The molecule has 114 valence electrons. The minimum absolute atomic E-state index is 0.0537. The van der Waals surface area contributed by atoms with E-state index in [4.69, 9.17) is 15.7 Å². The van der Waals surface area contributed by atoms with E-state index in [0.717, 1.165) is 6.42 Å². The summed E-state index contributed by atoms with van der Waals surface area (Å²) in [6.45, 7) is 3.39. The van der Waals surface area contributed by atoms with E-state index in [1.807, 2.05) is 6.92 Å². The highest BCUT2D eigenvalue weighted by Gasteiger charge is 2.49. The Labute approximate surface area is 118 Å². The number of rotatable bonds is 3. The van der Waals surface area contributed by atoms with Crippen LogP contribution in [0.3, 0.4) is 0 Å². The number of amides is 1. The Morgan fingerprint density at radius 1 is 1.50 bits per heavy atom. The number of nitrogens with zero attached hydrogens (tertiary/aromatic N) is 2. The molecule has 2 saturated heterocycles. The molecule has 0 saturated carbocycles. The monoisotopic (exact) mass is 285 g/mol. The minimum atomic E-state index is -0.996. The van der Waals surface area contributed by atoms with Gasteiger partial charge in [-0.2, -0.15) is 0 Å².